The van der Waals surface area contributed by atoms with Crippen molar-refractivity contribution in [3.05, 3.63) is 48.5 Å². The molecular formula is C10H8N4O. The molecule has 0 atom stereocenters. The highest BCUT2D eigenvalue weighted by molar-refractivity contribution is 6.01. The monoisotopic (exact) mass is 200 g/mol. The minimum absolute atomic E-state index is 0.271. The van der Waals surface area contributed by atoms with Crippen molar-refractivity contribution in [2.24, 2.45) is 0 Å². The van der Waals surface area contributed by atoms with Crippen molar-refractivity contribution in [3.8, 4) is 0 Å². The summed E-state index contributed by atoms with van der Waals surface area (Å²) in [6, 6.07) is 6.79. The maximum Gasteiger partial charge on any atom is 0.276 e. The van der Waals surface area contributed by atoms with E-state index in [2.05, 4.69) is 20.3 Å². The number of carbonyl (C=O) groups is 1. The molecule has 0 saturated heterocycles. The van der Waals surface area contributed by atoms with Crippen molar-refractivity contribution < 1.29 is 4.79 Å². The Hall–Kier alpha value is -2.30. The van der Waals surface area contributed by atoms with Crippen LogP contribution in [0.1, 0.15) is 10.5 Å². The molecule has 0 aliphatic rings. The van der Waals surface area contributed by atoms with Gasteiger partial charge in [0.25, 0.3) is 5.91 Å². The van der Waals surface area contributed by atoms with Crippen LogP contribution in [0, 0.1) is 0 Å². The molecule has 0 fully saturated rings. The van der Waals surface area contributed by atoms with Gasteiger partial charge in [-0.05, 0) is 18.2 Å². The third kappa shape index (κ3) is 2.34. The minimum Gasteiger partial charge on any atom is -0.289 e. The molecule has 0 aliphatic carbocycles. The number of anilines is 1. The first-order valence-electron chi connectivity index (χ1n) is 4.35. The molecular weight excluding hydrogens is 192 g/mol. The van der Waals surface area contributed by atoms with Gasteiger partial charge in [-0.3, -0.25) is 15.1 Å². The maximum absolute atomic E-state index is 11.6. The third-order valence-electron chi connectivity index (χ3n) is 1.69. The van der Waals surface area contributed by atoms with Gasteiger partial charge in [0, 0.05) is 18.6 Å². The molecule has 1 N–H and O–H groups in total. The molecule has 5 nitrogen and oxygen atoms in total. The summed E-state index contributed by atoms with van der Waals surface area (Å²) >= 11 is 0. The van der Waals surface area contributed by atoms with Crippen LogP contribution in [0.25, 0.3) is 0 Å². The summed E-state index contributed by atoms with van der Waals surface area (Å²) < 4.78 is 0. The zero-order chi connectivity index (χ0) is 10.5. The summed E-state index contributed by atoms with van der Waals surface area (Å²) in [5, 5.41) is 2.53. The van der Waals surface area contributed by atoms with Gasteiger partial charge >= 0.3 is 0 Å². The Balaban J connectivity index is 2.12. The van der Waals surface area contributed by atoms with Gasteiger partial charge in [-0.25, -0.2) is 9.97 Å². The molecule has 0 aliphatic heterocycles. The highest BCUT2D eigenvalue weighted by Gasteiger charge is 2.06. The van der Waals surface area contributed by atoms with Gasteiger partial charge < -0.3 is 0 Å². The predicted octanol–water partition coefficient (Wildman–Crippen LogP) is 1.12. The van der Waals surface area contributed by atoms with Gasteiger partial charge in [-0.15, -0.1) is 0 Å². The average molecular weight is 200 g/mol. The largest absolute Gasteiger partial charge is 0.289 e. The number of nitrogens with one attached hydrogen (secondary N) is 1. The van der Waals surface area contributed by atoms with Crippen LogP contribution in [0.4, 0.5) is 5.95 Å². The summed E-state index contributed by atoms with van der Waals surface area (Å²) in [5.74, 6) is -0.0463. The van der Waals surface area contributed by atoms with Crippen LogP contribution in [0.3, 0.4) is 0 Å². The maximum atomic E-state index is 11.6. The van der Waals surface area contributed by atoms with E-state index < -0.39 is 0 Å². The number of aromatic nitrogens is 3. The Bertz CT molecular complexity index is 443. The Kier molecular flexibility index (Phi) is 2.64. The van der Waals surface area contributed by atoms with Crippen LogP contribution in [0.2, 0.25) is 0 Å². The highest BCUT2D eigenvalue weighted by atomic mass is 16.2. The van der Waals surface area contributed by atoms with Crippen LogP contribution in [-0.2, 0) is 0 Å². The number of hydrogen-bond acceptors (Lipinski definition) is 4. The number of hydrogen-bond donors (Lipinski definition) is 1. The second-order valence-electron chi connectivity index (χ2n) is 2.74. The lowest BCUT2D eigenvalue weighted by Gasteiger charge is -2.01. The molecule has 0 saturated carbocycles. The third-order valence-corrected chi connectivity index (χ3v) is 1.69. The van der Waals surface area contributed by atoms with E-state index in [1.54, 1.807) is 42.9 Å². The second-order valence-corrected chi connectivity index (χ2v) is 2.74. The smallest absolute Gasteiger partial charge is 0.276 e. The van der Waals surface area contributed by atoms with Crippen molar-refractivity contribution in [2.45, 2.75) is 0 Å². The van der Waals surface area contributed by atoms with Crippen LogP contribution in [0.5, 0.6) is 0 Å². The highest BCUT2D eigenvalue weighted by Crippen LogP contribution is 1.99. The first kappa shape index (κ1) is 9.26. The predicted molar refractivity (Wildman–Crippen MR) is 54.2 cm³/mol. The first-order valence-corrected chi connectivity index (χ1v) is 4.35. The zero-order valence-electron chi connectivity index (χ0n) is 7.79. The Labute approximate surface area is 86.2 Å². The molecule has 2 heterocycles. The van der Waals surface area contributed by atoms with E-state index >= 15 is 0 Å². The Morgan fingerprint density at radius 3 is 2.40 bits per heavy atom. The van der Waals surface area contributed by atoms with Gasteiger partial charge in [0.05, 0.1) is 0 Å². The number of pyridine rings is 1. The average Bonchev–Trinajstić information content (AvgIpc) is 2.31. The van der Waals surface area contributed by atoms with E-state index in [9.17, 15) is 4.79 Å². The van der Waals surface area contributed by atoms with E-state index in [4.69, 9.17) is 0 Å². The van der Waals surface area contributed by atoms with Crippen molar-refractivity contribution in [1.29, 1.82) is 0 Å². The van der Waals surface area contributed by atoms with E-state index in [1.165, 1.54) is 0 Å². The SMILES string of the molecule is O=C(Nc1ncccn1)c1ccccn1. The molecule has 0 aromatic carbocycles. The fourth-order valence-electron chi connectivity index (χ4n) is 1.03. The number of nitrogens with zero attached hydrogens (tertiary/aromatic N) is 3. The molecule has 2 aromatic rings. The summed E-state index contributed by atoms with van der Waals surface area (Å²) in [7, 11) is 0. The lowest BCUT2D eigenvalue weighted by Crippen LogP contribution is -2.15. The van der Waals surface area contributed by atoms with E-state index in [0.29, 0.717) is 5.69 Å². The normalized spacial score (nSPS) is 9.60. The molecule has 0 spiro atoms. The van der Waals surface area contributed by atoms with Gasteiger partial charge in [-0.2, -0.15) is 0 Å². The fourth-order valence-corrected chi connectivity index (χ4v) is 1.03. The molecule has 5 heteroatoms. The minimum atomic E-state index is -0.318. The van der Waals surface area contributed by atoms with Crippen molar-refractivity contribution in [3.63, 3.8) is 0 Å². The summed E-state index contributed by atoms with van der Waals surface area (Å²) in [6.07, 6.45) is 4.67. The quantitative estimate of drug-likeness (QED) is 0.788. The molecule has 0 unspecified atom stereocenters. The van der Waals surface area contributed by atoms with Gasteiger partial charge in [0.2, 0.25) is 5.95 Å². The van der Waals surface area contributed by atoms with Crippen LogP contribution >= 0.6 is 0 Å². The zero-order valence-corrected chi connectivity index (χ0v) is 7.79. The molecule has 2 rings (SSSR count). The van der Waals surface area contributed by atoms with Gasteiger partial charge in [-0.1, -0.05) is 6.07 Å². The Morgan fingerprint density at radius 2 is 1.73 bits per heavy atom. The molecule has 0 bridgehead atoms. The number of rotatable bonds is 2. The first-order chi connectivity index (χ1) is 7.36. The number of carbonyl (C=O) groups excluding carboxylic acids is 1. The molecule has 0 radical (unpaired) electrons. The molecule has 1 amide bonds. The van der Waals surface area contributed by atoms with Crippen LogP contribution < -0.4 is 5.32 Å². The lowest BCUT2D eigenvalue weighted by atomic mass is 10.3. The lowest BCUT2D eigenvalue weighted by molar-refractivity contribution is 0.102. The van der Waals surface area contributed by atoms with Gasteiger partial charge in [0.1, 0.15) is 5.69 Å². The molecule has 74 valence electrons. The van der Waals surface area contributed by atoms with Crippen molar-refractivity contribution in [2.75, 3.05) is 5.32 Å². The summed E-state index contributed by atoms with van der Waals surface area (Å²) in [4.78, 5) is 23.2. The van der Waals surface area contributed by atoms with E-state index in [1.807, 2.05) is 0 Å². The second kappa shape index (κ2) is 4.28. The van der Waals surface area contributed by atoms with E-state index in [0.717, 1.165) is 0 Å². The summed E-state index contributed by atoms with van der Waals surface area (Å²) in [5.41, 5.74) is 0.338. The van der Waals surface area contributed by atoms with Gasteiger partial charge in [0.15, 0.2) is 0 Å². The van der Waals surface area contributed by atoms with Crippen LogP contribution in [-0.4, -0.2) is 20.9 Å². The molecule has 2 aromatic heterocycles. The van der Waals surface area contributed by atoms with Crippen molar-refractivity contribution in [1.82, 2.24) is 15.0 Å². The van der Waals surface area contributed by atoms with E-state index in [-0.39, 0.29) is 11.9 Å². The topological polar surface area (TPSA) is 67.8 Å². The van der Waals surface area contributed by atoms with Crippen LogP contribution in [0.15, 0.2) is 42.9 Å². The fraction of sp³-hybridized carbons (Fsp3) is 0. The summed E-state index contributed by atoms with van der Waals surface area (Å²) in [6.45, 7) is 0. The van der Waals surface area contributed by atoms with Crippen molar-refractivity contribution >= 4 is 11.9 Å². The Morgan fingerprint density at radius 1 is 1.00 bits per heavy atom. The molecule has 15 heavy (non-hydrogen) atoms. The standard InChI is InChI=1S/C10H8N4O/c15-9(8-4-1-2-5-11-8)14-10-12-6-3-7-13-10/h1-7H,(H,12,13,14,15). The number of amides is 1.